The van der Waals surface area contributed by atoms with Gasteiger partial charge in [-0.25, -0.2) is 0 Å². The van der Waals surface area contributed by atoms with Crippen LogP contribution in [0.25, 0.3) is 55.0 Å². The Hall–Kier alpha value is -7.24. The standard InChI is InChI=1S/C62H56BN3O/c1-60(2,3)41-26-29-46(30-27-41)65-53-38-43(62(7,8)9)37-48-47-31-33-52(64(44-21-15-11-16-22-44)45-23-17-12-18-24-45)55-49-36-42(61(4,5)6)28-32-51(49)66(57(47)55)63(56(48)53)59-58(65)50-35-40(25-34-54(50)67-59)39-19-13-10-14-20-39/h10-38H,1-9H3/i10D,11D,12D,13D,14D,15D,16D,17D,18D,19D,20D,21D,22D,23D,24D. The third kappa shape index (κ3) is 6.42. The van der Waals surface area contributed by atoms with Gasteiger partial charge in [-0.2, -0.15) is 0 Å². The Bertz CT molecular complexity index is 4330. The Balaban J connectivity index is 1.29. The molecule has 2 aromatic heterocycles. The second-order valence-corrected chi connectivity index (χ2v) is 20.8. The topological polar surface area (TPSA) is 24.6 Å². The van der Waals surface area contributed by atoms with E-state index in [1.807, 2.05) is 18.2 Å². The second-order valence-electron chi connectivity index (χ2n) is 20.8. The first-order chi connectivity index (χ1) is 38.4. The summed E-state index contributed by atoms with van der Waals surface area (Å²) in [5, 5.41) is 1.77. The molecule has 5 heteroatoms. The van der Waals surface area contributed by atoms with Crippen molar-refractivity contribution in [3.8, 4) is 22.3 Å². The third-order valence-electron chi connectivity index (χ3n) is 13.5. The Labute approximate surface area is 416 Å². The smallest absolute Gasteiger partial charge is 0.375 e. The molecule has 4 nitrogen and oxygen atoms in total. The number of benzene rings is 8. The quantitative estimate of drug-likeness (QED) is 0.161. The molecule has 0 fully saturated rings. The van der Waals surface area contributed by atoms with Crippen LogP contribution >= 0.6 is 0 Å². The summed E-state index contributed by atoms with van der Waals surface area (Å²) < 4.78 is 144. The summed E-state index contributed by atoms with van der Waals surface area (Å²) in [5.74, 6) is 0. The van der Waals surface area contributed by atoms with E-state index >= 15 is 0 Å². The fourth-order valence-electron chi connectivity index (χ4n) is 10.1. The minimum absolute atomic E-state index is 0.0344. The highest BCUT2D eigenvalue weighted by atomic mass is 16.3. The molecule has 0 saturated heterocycles. The van der Waals surface area contributed by atoms with Crippen molar-refractivity contribution in [3.05, 3.63) is 192 Å². The second kappa shape index (κ2) is 14.6. The number of rotatable bonds is 5. The van der Waals surface area contributed by atoms with Gasteiger partial charge in [-0.1, -0.05) is 165 Å². The van der Waals surface area contributed by atoms with Gasteiger partial charge in [0.1, 0.15) is 11.2 Å². The van der Waals surface area contributed by atoms with Crippen molar-refractivity contribution in [2.75, 3.05) is 9.80 Å². The molecular formula is C62H56BN3O. The lowest BCUT2D eigenvalue weighted by Gasteiger charge is -2.40. The van der Waals surface area contributed by atoms with Gasteiger partial charge in [0.25, 0.3) is 0 Å². The number of hydrogen-bond acceptors (Lipinski definition) is 3. The third-order valence-corrected chi connectivity index (χ3v) is 13.5. The van der Waals surface area contributed by atoms with E-state index in [1.165, 1.54) is 4.90 Å². The molecule has 2 aliphatic rings. The molecule has 0 N–H and O–H groups in total. The zero-order valence-corrected chi connectivity index (χ0v) is 38.9. The van der Waals surface area contributed by atoms with E-state index in [9.17, 15) is 5.48 Å². The van der Waals surface area contributed by atoms with Crippen LogP contribution in [-0.2, 0) is 16.2 Å². The van der Waals surface area contributed by atoms with Gasteiger partial charge in [0, 0.05) is 55.5 Å². The first-order valence-electron chi connectivity index (χ1n) is 30.1. The van der Waals surface area contributed by atoms with Gasteiger partial charge >= 0.3 is 6.85 Å². The molecule has 328 valence electrons. The SMILES string of the molecule is [2H]c1c([2H])c([2H])c(-c2ccc3oc4c(c3c2)N(c2ccc(C(C)(C)C)cc2)c2cc(C(C)(C)C)cc3c2B4n2c4ccc(C(C)(C)C)cc4c4c(N(c5c([2H])c([2H])c([2H])c([2H])c5[2H])c5c([2H])c([2H])c([2H])c([2H])c5[2H])ccc-3c42)c([2H])c1[2H]. The van der Waals surface area contributed by atoms with Crippen molar-refractivity contribution < 1.29 is 25.0 Å². The van der Waals surface area contributed by atoms with E-state index in [-0.39, 0.29) is 28.8 Å². The Morgan fingerprint density at radius 3 is 1.78 bits per heavy atom. The molecule has 67 heavy (non-hydrogen) atoms. The van der Waals surface area contributed by atoms with Crippen molar-refractivity contribution in [3.63, 3.8) is 0 Å². The summed E-state index contributed by atoms with van der Waals surface area (Å²) in [6, 6.07) is 19.2. The van der Waals surface area contributed by atoms with Gasteiger partial charge in [0.05, 0.1) is 31.9 Å². The van der Waals surface area contributed by atoms with Crippen LogP contribution in [0.15, 0.2) is 180 Å². The number of hydrogen-bond donors (Lipinski definition) is 0. The number of nitrogens with zero attached hydrogens (tertiary/aromatic N) is 3. The molecule has 2 aliphatic heterocycles. The van der Waals surface area contributed by atoms with E-state index < -0.39 is 108 Å². The average molecular weight is 885 g/mol. The maximum absolute atomic E-state index is 9.46. The normalized spacial score (nSPS) is 16.5. The van der Waals surface area contributed by atoms with E-state index in [1.54, 1.807) is 18.2 Å². The lowest BCUT2D eigenvalue weighted by molar-refractivity contribution is 0.590. The predicted octanol–water partition coefficient (Wildman–Crippen LogP) is 16.0. The summed E-state index contributed by atoms with van der Waals surface area (Å²) in [5.41, 5.74) is 8.81. The molecule has 10 aromatic rings. The summed E-state index contributed by atoms with van der Waals surface area (Å²) in [7, 11) is 0. The van der Waals surface area contributed by atoms with Crippen molar-refractivity contribution in [1.29, 1.82) is 0 Å². The van der Waals surface area contributed by atoms with Crippen LogP contribution < -0.4 is 20.9 Å². The zero-order valence-electron chi connectivity index (χ0n) is 53.9. The molecule has 8 aromatic carbocycles. The molecule has 12 rings (SSSR count). The number of aromatic nitrogens is 1. The molecule has 0 saturated carbocycles. The van der Waals surface area contributed by atoms with Crippen molar-refractivity contribution in [2.45, 2.75) is 78.6 Å². The molecule has 0 unspecified atom stereocenters. The first-order valence-corrected chi connectivity index (χ1v) is 22.6. The highest BCUT2D eigenvalue weighted by Crippen LogP contribution is 2.52. The largest absolute Gasteiger partial charge is 0.466 e. The number of anilines is 6. The lowest BCUT2D eigenvalue weighted by atomic mass is 9.47. The van der Waals surface area contributed by atoms with Gasteiger partial charge in [-0.3, -0.25) is 0 Å². The van der Waals surface area contributed by atoms with Crippen molar-refractivity contribution in [1.82, 2.24) is 4.48 Å². The van der Waals surface area contributed by atoms with Crippen LogP contribution in [0, 0.1) is 0 Å². The van der Waals surface area contributed by atoms with Gasteiger partial charge in [0.2, 0.25) is 0 Å². The molecule has 0 spiro atoms. The predicted molar refractivity (Wildman–Crippen MR) is 286 cm³/mol. The number of fused-ring (bicyclic) bond motifs is 9. The van der Waals surface area contributed by atoms with Gasteiger partial charge in [-0.05, 0) is 128 Å². The highest BCUT2D eigenvalue weighted by Gasteiger charge is 2.47. The summed E-state index contributed by atoms with van der Waals surface area (Å²) in [4.78, 5) is 3.44. The molecule has 4 heterocycles. The van der Waals surface area contributed by atoms with Gasteiger partial charge in [-0.15, -0.1) is 0 Å². The van der Waals surface area contributed by atoms with Crippen LogP contribution in [0.3, 0.4) is 0 Å². The maximum Gasteiger partial charge on any atom is 0.375 e. The Morgan fingerprint density at radius 2 is 1.15 bits per heavy atom. The Morgan fingerprint density at radius 1 is 0.537 bits per heavy atom. The molecule has 0 aliphatic carbocycles. The van der Waals surface area contributed by atoms with Gasteiger partial charge in [0.15, 0.2) is 0 Å². The lowest BCUT2D eigenvalue weighted by Crippen LogP contribution is -2.56. The number of furan rings is 1. The molecule has 0 bridgehead atoms. The van der Waals surface area contributed by atoms with Crippen LogP contribution in [0.2, 0.25) is 0 Å². The Kier molecular flexibility index (Phi) is 6.13. The minimum Gasteiger partial charge on any atom is -0.466 e. The van der Waals surface area contributed by atoms with Crippen LogP contribution in [0.4, 0.5) is 34.1 Å². The molecular weight excluding hydrogens is 814 g/mol. The zero-order chi connectivity index (χ0) is 59.2. The summed E-state index contributed by atoms with van der Waals surface area (Å²) in [6.07, 6.45) is 0. The van der Waals surface area contributed by atoms with Crippen molar-refractivity contribution >= 4 is 84.9 Å². The van der Waals surface area contributed by atoms with Crippen LogP contribution in [-0.4, -0.2) is 11.3 Å². The number of para-hydroxylation sites is 2. The summed E-state index contributed by atoms with van der Waals surface area (Å²) >= 11 is 0. The van der Waals surface area contributed by atoms with Gasteiger partial charge < -0.3 is 18.7 Å². The average Bonchev–Trinajstić information content (AvgIpc) is 1.48. The highest BCUT2D eigenvalue weighted by molar-refractivity contribution is 6.89. The van der Waals surface area contributed by atoms with E-state index in [0.29, 0.717) is 49.7 Å². The van der Waals surface area contributed by atoms with Crippen LogP contribution in [0.5, 0.6) is 0 Å². The maximum atomic E-state index is 9.46. The summed E-state index contributed by atoms with van der Waals surface area (Å²) in [6.45, 7) is 18.4. The minimum atomic E-state index is -0.770. The fraction of sp³-hybridized carbons (Fsp3) is 0.194. The molecule has 0 radical (unpaired) electrons. The van der Waals surface area contributed by atoms with E-state index in [2.05, 4.69) is 120 Å². The molecule has 0 atom stereocenters. The monoisotopic (exact) mass is 885 g/mol. The van der Waals surface area contributed by atoms with E-state index in [0.717, 1.165) is 44.7 Å². The van der Waals surface area contributed by atoms with E-state index in [4.69, 9.17) is 19.5 Å². The van der Waals surface area contributed by atoms with Crippen molar-refractivity contribution in [2.24, 2.45) is 0 Å². The molecule has 0 amide bonds. The van der Waals surface area contributed by atoms with Crippen LogP contribution in [0.1, 0.15) is 99.6 Å². The first kappa shape index (κ1) is 28.1. The fourth-order valence-corrected chi connectivity index (χ4v) is 10.1.